The van der Waals surface area contributed by atoms with Gasteiger partial charge in [-0.25, -0.2) is 9.59 Å². The topological polar surface area (TPSA) is 52.6 Å². The molecule has 4 nitrogen and oxygen atoms in total. The minimum atomic E-state index is -0.628. The van der Waals surface area contributed by atoms with Gasteiger partial charge in [0.15, 0.2) is 0 Å². The van der Waals surface area contributed by atoms with E-state index in [4.69, 9.17) is 9.47 Å². The number of hydrogen-bond donors (Lipinski definition) is 0. The van der Waals surface area contributed by atoms with E-state index in [0.717, 1.165) is 56.9 Å². The zero-order chi connectivity index (χ0) is 25.2. The van der Waals surface area contributed by atoms with Gasteiger partial charge in [0.05, 0.1) is 11.1 Å². The van der Waals surface area contributed by atoms with Gasteiger partial charge < -0.3 is 9.47 Å². The molecule has 0 unspecified atom stereocenters. The molecule has 0 N–H and O–H groups in total. The van der Waals surface area contributed by atoms with E-state index in [1.807, 2.05) is 64.1 Å². The molecule has 0 spiro atoms. The maximum Gasteiger partial charge on any atom is 0.340 e. The maximum absolute atomic E-state index is 13.6. The van der Waals surface area contributed by atoms with Gasteiger partial charge in [-0.05, 0) is 70.6 Å². The first-order valence-electron chi connectivity index (χ1n) is 12.8. The molecule has 2 aromatic rings. The second-order valence-corrected chi connectivity index (χ2v) is 10.3. The fraction of sp³-hybridized carbons (Fsp3) is 0.533. The van der Waals surface area contributed by atoms with E-state index in [1.165, 1.54) is 0 Å². The smallest absolute Gasteiger partial charge is 0.340 e. The van der Waals surface area contributed by atoms with Crippen LogP contribution in [0.15, 0.2) is 48.5 Å². The van der Waals surface area contributed by atoms with Crippen LogP contribution in [0, 0.1) is 0 Å². The molecule has 2 rings (SSSR count). The van der Waals surface area contributed by atoms with E-state index in [1.54, 1.807) is 12.1 Å². The lowest BCUT2D eigenvalue weighted by Crippen LogP contribution is -2.31. The van der Waals surface area contributed by atoms with Crippen molar-refractivity contribution in [3.05, 3.63) is 59.7 Å². The molecule has 0 aromatic heterocycles. The van der Waals surface area contributed by atoms with Crippen LogP contribution < -0.4 is 0 Å². The van der Waals surface area contributed by atoms with Crippen LogP contribution in [0.5, 0.6) is 0 Å². The fourth-order valence-electron chi connectivity index (χ4n) is 4.11. The quantitative estimate of drug-likeness (QED) is 0.220. The molecule has 4 heteroatoms. The summed E-state index contributed by atoms with van der Waals surface area (Å²) in [6, 6.07) is 14.9. The standard InChI is InChI=1S/C30H42O4/c1-7-9-14-21-29(3,4)33-27(31)25-20-16-19-24(23-17-12-11-13-18-23)26(25)28(32)34-30(5,6)22-15-10-8-2/h11-13,16-20H,7-10,14-15,21-22H2,1-6H3. The Kier molecular flexibility index (Phi) is 10.3. The van der Waals surface area contributed by atoms with Gasteiger partial charge in [0.25, 0.3) is 0 Å². The fourth-order valence-corrected chi connectivity index (χ4v) is 4.11. The highest BCUT2D eigenvalue weighted by Crippen LogP contribution is 2.31. The monoisotopic (exact) mass is 466 g/mol. The first-order valence-corrected chi connectivity index (χ1v) is 12.8. The summed E-state index contributed by atoms with van der Waals surface area (Å²) in [5.74, 6) is -0.980. The molecule has 2 aromatic carbocycles. The zero-order valence-electron chi connectivity index (χ0n) is 21.9. The van der Waals surface area contributed by atoms with Crippen LogP contribution in [0.25, 0.3) is 11.1 Å². The van der Waals surface area contributed by atoms with E-state index >= 15 is 0 Å². The Morgan fingerprint density at radius 3 is 1.74 bits per heavy atom. The Morgan fingerprint density at radius 2 is 1.21 bits per heavy atom. The van der Waals surface area contributed by atoms with E-state index in [0.29, 0.717) is 5.56 Å². The lowest BCUT2D eigenvalue weighted by molar-refractivity contribution is -0.0102. The summed E-state index contributed by atoms with van der Waals surface area (Å²) in [6.45, 7) is 12.0. The van der Waals surface area contributed by atoms with Crippen molar-refractivity contribution in [2.24, 2.45) is 0 Å². The Hall–Kier alpha value is -2.62. The van der Waals surface area contributed by atoms with E-state index in [-0.39, 0.29) is 11.1 Å². The van der Waals surface area contributed by atoms with Crippen molar-refractivity contribution in [3.63, 3.8) is 0 Å². The summed E-state index contributed by atoms with van der Waals surface area (Å²) in [5.41, 5.74) is 0.806. The van der Waals surface area contributed by atoms with Gasteiger partial charge in [-0.3, -0.25) is 0 Å². The normalized spacial score (nSPS) is 11.8. The van der Waals surface area contributed by atoms with E-state index < -0.39 is 23.1 Å². The molecule has 0 heterocycles. The number of hydrogen-bond acceptors (Lipinski definition) is 4. The Morgan fingerprint density at radius 1 is 0.676 bits per heavy atom. The van der Waals surface area contributed by atoms with Crippen LogP contribution in [-0.4, -0.2) is 23.1 Å². The van der Waals surface area contributed by atoms with Crippen molar-refractivity contribution < 1.29 is 19.1 Å². The number of rotatable bonds is 13. The molecule has 0 aliphatic heterocycles. The van der Waals surface area contributed by atoms with Crippen LogP contribution in [0.3, 0.4) is 0 Å². The highest BCUT2D eigenvalue weighted by atomic mass is 16.6. The highest BCUT2D eigenvalue weighted by molar-refractivity contribution is 6.08. The van der Waals surface area contributed by atoms with Crippen molar-refractivity contribution in [3.8, 4) is 11.1 Å². The van der Waals surface area contributed by atoms with Gasteiger partial charge in [0, 0.05) is 0 Å². The number of esters is 2. The lowest BCUT2D eigenvalue weighted by atomic mass is 9.94. The lowest BCUT2D eigenvalue weighted by Gasteiger charge is -2.28. The molecular formula is C30H42O4. The van der Waals surface area contributed by atoms with Crippen LogP contribution >= 0.6 is 0 Å². The van der Waals surface area contributed by atoms with Crippen molar-refractivity contribution in [1.29, 1.82) is 0 Å². The van der Waals surface area contributed by atoms with Crippen molar-refractivity contribution >= 4 is 11.9 Å². The number of carbonyl (C=O) groups excluding carboxylic acids is 2. The van der Waals surface area contributed by atoms with E-state index in [9.17, 15) is 9.59 Å². The Bertz CT molecular complexity index is 928. The summed E-state index contributed by atoms with van der Waals surface area (Å²) < 4.78 is 11.9. The molecule has 0 bridgehead atoms. The SMILES string of the molecule is CCCCCC(C)(C)OC(=O)c1cccc(-c2ccccc2)c1C(=O)OC(C)(C)CCCCC. The first kappa shape index (κ1) is 27.6. The molecule has 0 aliphatic rings. The molecule has 186 valence electrons. The number of carbonyl (C=O) groups is 2. The van der Waals surface area contributed by atoms with Gasteiger partial charge in [0.1, 0.15) is 11.2 Å². The second kappa shape index (κ2) is 12.7. The Labute approximate surface area is 206 Å². The van der Waals surface area contributed by atoms with Gasteiger partial charge >= 0.3 is 11.9 Å². The van der Waals surface area contributed by atoms with E-state index in [2.05, 4.69) is 13.8 Å². The van der Waals surface area contributed by atoms with Gasteiger partial charge in [-0.2, -0.15) is 0 Å². The molecular weight excluding hydrogens is 424 g/mol. The average molecular weight is 467 g/mol. The van der Waals surface area contributed by atoms with Crippen LogP contribution in [-0.2, 0) is 9.47 Å². The van der Waals surface area contributed by atoms with Gasteiger partial charge in [-0.15, -0.1) is 0 Å². The minimum Gasteiger partial charge on any atom is -0.456 e. The molecule has 0 radical (unpaired) electrons. The molecule has 0 atom stereocenters. The van der Waals surface area contributed by atoms with Gasteiger partial charge in [-0.1, -0.05) is 82.0 Å². The molecule has 0 saturated carbocycles. The molecule has 0 amide bonds. The molecule has 0 aliphatic carbocycles. The third-order valence-electron chi connectivity index (χ3n) is 6.08. The summed E-state index contributed by atoms with van der Waals surface area (Å²) in [6.07, 6.45) is 7.90. The van der Waals surface area contributed by atoms with Crippen molar-refractivity contribution in [1.82, 2.24) is 0 Å². The van der Waals surface area contributed by atoms with Crippen LogP contribution in [0.2, 0.25) is 0 Å². The van der Waals surface area contributed by atoms with Crippen molar-refractivity contribution in [2.75, 3.05) is 0 Å². The van der Waals surface area contributed by atoms with Gasteiger partial charge in [0.2, 0.25) is 0 Å². The van der Waals surface area contributed by atoms with Crippen LogP contribution in [0.1, 0.15) is 114 Å². The predicted molar refractivity (Wildman–Crippen MR) is 139 cm³/mol. The first-order chi connectivity index (χ1) is 16.1. The molecule has 0 saturated heterocycles. The molecule has 0 fully saturated rings. The summed E-state index contributed by atoms with van der Waals surface area (Å²) in [4.78, 5) is 26.9. The zero-order valence-corrected chi connectivity index (χ0v) is 21.9. The number of ether oxygens (including phenoxy) is 2. The maximum atomic E-state index is 13.6. The Balaban J connectivity index is 2.41. The third-order valence-corrected chi connectivity index (χ3v) is 6.08. The highest BCUT2D eigenvalue weighted by Gasteiger charge is 2.31. The number of benzene rings is 2. The number of unbranched alkanes of at least 4 members (excludes halogenated alkanes) is 4. The second-order valence-electron chi connectivity index (χ2n) is 10.3. The van der Waals surface area contributed by atoms with Crippen molar-refractivity contribution in [2.45, 2.75) is 104 Å². The average Bonchev–Trinajstić information content (AvgIpc) is 2.78. The summed E-state index contributed by atoms with van der Waals surface area (Å²) in [7, 11) is 0. The summed E-state index contributed by atoms with van der Waals surface area (Å²) in [5, 5.41) is 0. The predicted octanol–water partition coefficient (Wildman–Crippen LogP) is 8.39. The third kappa shape index (κ3) is 8.30. The molecule has 34 heavy (non-hydrogen) atoms. The largest absolute Gasteiger partial charge is 0.456 e. The minimum absolute atomic E-state index is 0.249. The summed E-state index contributed by atoms with van der Waals surface area (Å²) >= 11 is 0. The van der Waals surface area contributed by atoms with Crippen LogP contribution in [0.4, 0.5) is 0 Å².